The van der Waals surface area contributed by atoms with Crippen molar-refractivity contribution in [2.24, 2.45) is 0 Å². The third kappa shape index (κ3) is 8.02. The number of nitrogens with one attached hydrogen (secondary N) is 1. The summed E-state index contributed by atoms with van der Waals surface area (Å²) in [6, 6.07) is 2.16. The summed E-state index contributed by atoms with van der Waals surface area (Å²) in [5.74, 6) is 0. The second-order valence-corrected chi connectivity index (χ2v) is 6.15. The summed E-state index contributed by atoms with van der Waals surface area (Å²) >= 11 is 5.24. The van der Waals surface area contributed by atoms with E-state index in [1.165, 1.54) is 4.88 Å². The minimum absolute atomic E-state index is 0.765. The average molecular weight is 351 g/mol. The van der Waals surface area contributed by atoms with Crippen LogP contribution in [0.3, 0.4) is 0 Å². The summed E-state index contributed by atoms with van der Waals surface area (Å²) in [5, 5.41) is 5.58. The Morgan fingerprint density at radius 3 is 2.42 bits per heavy atom. The molecule has 1 rings (SSSR count). The van der Waals surface area contributed by atoms with Crippen molar-refractivity contribution in [2.75, 3.05) is 53.6 Å². The molecule has 0 saturated carbocycles. The van der Waals surface area contributed by atoms with Gasteiger partial charge in [0.1, 0.15) is 0 Å². The number of hydrogen-bond acceptors (Lipinski definition) is 5. The molecule has 0 aromatic carbocycles. The number of halogens is 1. The number of thiophene rings is 1. The van der Waals surface area contributed by atoms with Gasteiger partial charge in [-0.15, -0.1) is 11.3 Å². The number of ether oxygens (including phenoxy) is 2. The molecule has 19 heavy (non-hydrogen) atoms. The van der Waals surface area contributed by atoms with Crippen molar-refractivity contribution in [1.82, 2.24) is 10.2 Å². The van der Waals surface area contributed by atoms with Crippen LogP contribution in [0.2, 0.25) is 0 Å². The molecule has 0 atom stereocenters. The van der Waals surface area contributed by atoms with Crippen LogP contribution in [0.25, 0.3) is 0 Å². The molecule has 1 N–H and O–H groups in total. The highest BCUT2D eigenvalue weighted by Crippen LogP contribution is 2.19. The monoisotopic (exact) mass is 350 g/mol. The molecule has 0 bridgehead atoms. The molecule has 0 aliphatic carbocycles. The van der Waals surface area contributed by atoms with E-state index >= 15 is 0 Å². The summed E-state index contributed by atoms with van der Waals surface area (Å²) < 4.78 is 11.4. The van der Waals surface area contributed by atoms with E-state index in [4.69, 9.17) is 9.47 Å². The molecule has 1 aromatic heterocycles. The quantitative estimate of drug-likeness (QED) is 0.620. The van der Waals surface area contributed by atoms with E-state index in [9.17, 15) is 0 Å². The van der Waals surface area contributed by atoms with Crippen molar-refractivity contribution < 1.29 is 9.47 Å². The van der Waals surface area contributed by atoms with E-state index in [2.05, 4.69) is 37.6 Å². The van der Waals surface area contributed by atoms with Crippen LogP contribution in [0, 0.1) is 0 Å². The first-order valence-electron chi connectivity index (χ1n) is 6.40. The number of methoxy groups -OCH3 is 2. The smallest absolute Gasteiger partial charge is 0.0589 e. The molecule has 0 unspecified atom stereocenters. The number of nitrogens with zero attached hydrogens (tertiary/aromatic N) is 1. The van der Waals surface area contributed by atoms with Crippen molar-refractivity contribution >= 4 is 27.3 Å². The maximum atomic E-state index is 5.12. The molecular weight excluding hydrogens is 328 g/mol. The Morgan fingerprint density at radius 2 is 1.89 bits per heavy atom. The molecule has 0 amide bonds. The van der Waals surface area contributed by atoms with E-state index in [0.717, 1.165) is 50.4 Å². The van der Waals surface area contributed by atoms with Gasteiger partial charge in [-0.3, -0.25) is 4.90 Å². The third-order valence-corrected chi connectivity index (χ3v) is 4.45. The van der Waals surface area contributed by atoms with Crippen LogP contribution >= 0.6 is 27.3 Å². The summed E-state index contributed by atoms with van der Waals surface area (Å²) in [7, 11) is 3.48. The Labute approximate surface area is 128 Å². The second-order valence-electron chi connectivity index (χ2n) is 4.24. The fourth-order valence-electron chi connectivity index (χ4n) is 1.67. The van der Waals surface area contributed by atoms with Gasteiger partial charge in [0.15, 0.2) is 0 Å². The van der Waals surface area contributed by atoms with Gasteiger partial charge in [0.05, 0.1) is 13.2 Å². The summed E-state index contributed by atoms with van der Waals surface area (Å²) in [4.78, 5) is 3.71. The lowest BCUT2D eigenvalue weighted by atomic mass is 10.4. The van der Waals surface area contributed by atoms with Crippen LogP contribution in [-0.2, 0) is 16.0 Å². The fraction of sp³-hybridized carbons (Fsp3) is 0.692. The summed E-state index contributed by atoms with van der Waals surface area (Å²) in [6.45, 7) is 6.35. The zero-order chi connectivity index (χ0) is 13.9. The Hall–Kier alpha value is 0.0200. The van der Waals surface area contributed by atoms with E-state index in [0.29, 0.717) is 0 Å². The highest BCUT2D eigenvalue weighted by Gasteiger charge is 2.04. The highest BCUT2D eigenvalue weighted by molar-refractivity contribution is 9.10. The molecule has 110 valence electrons. The molecule has 0 aliphatic rings. The van der Waals surface area contributed by atoms with Gasteiger partial charge in [-0.1, -0.05) is 0 Å². The molecular formula is C13H23BrN2O2S. The van der Waals surface area contributed by atoms with Crippen molar-refractivity contribution in [2.45, 2.75) is 6.54 Å². The zero-order valence-electron chi connectivity index (χ0n) is 11.7. The number of rotatable bonds is 11. The van der Waals surface area contributed by atoms with Crippen molar-refractivity contribution in [3.05, 3.63) is 20.8 Å². The van der Waals surface area contributed by atoms with Gasteiger partial charge in [0.2, 0.25) is 0 Å². The minimum Gasteiger partial charge on any atom is -0.383 e. The zero-order valence-corrected chi connectivity index (χ0v) is 14.1. The average Bonchev–Trinajstić information content (AvgIpc) is 2.82. The SMILES string of the molecule is COCCN(CCNCc1cc(Br)cs1)CCOC. The van der Waals surface area contributed by atoms with Gasteiger partial charge >= 0.3 is 0 Å². The lowest BCUT2D eigenvalue weighted by Crippen LogP contribution is -2.36. The molecule has 0 spiro atoms. The minimum atomic E-state index is 0.765. The second kappa shape index (κ2) is 10.8. The lowest BCUT2D eigenvalue weighted by molar-refractivity contribution is 0.114. The van der Waals surface area contributed by atoms with Crippen LogP contribution in [0.1, 0.15) is 4.88 Å². The predicted molar refractivity (Wildman–Crippen MR) is 83.9 cm³/mol. The predicted octanol–water partition coefficient (Wildman–Crippen LogP) is 2.20. The van der Waals surface area contributed by atoms with Crippen molar-refractivity contribution in [3.8, 4) is 0 Å². The van der Waals surface area contributed by atoms with Crippen LogP contribution < -0.4 is 5.32 Å². The molecule has 1 heterocycles. The molecule has 6 heteroatoms. The fourth-order valence-corrected chi connectivity index (χ4v) is 3.09. The lowest BCUT2D eigenvalue weighted by Gasteiger charge is -2.21. The first-order valence-corrected chi connectivity index (χ1v) is 8.07. The van der Waals surface area contributed by atoms with Crippen LogP contribution in [-0.4, -0.2) is 58.5 Å². The topological polar surface area (TPSA) is 33.7 Å². The van der Waals surface area contributed by atoms with E-state index < -0.39 is 0 Å². The van der Waals surface area contributed by atoms with Crippen LogP contribution in [0.4, 0.5) is 0 Å². The molecule has 0 aliphatic heterocycles. The van der Waals surface area contributed by atoms with Gasteiger partial charge in [-0.25, -0.2) is 0 Å². The van der Waals surface area contributed by atoms with Crippen LogP contribution in [0.15, 0.2) is 15.9 Å². The maximum absolute atomic E-state index is 5.12. The first-order chi connectivity index (χ1) is 9.26. The van der Waals surface area contributed by atoms with Crippen LogP contribution in [0.5, 0.6) is 0 Å². The maximum Gasteiger partial charge on any atom is 0.0589 e. The standard InChI is InChI=1S/C13H23BrN2O2S/c1-17-7-5-16(6-8-18-2)4-3-15-10-13-9-12(14)11-19-13/h9,11,15H,3-8,10H2,1-2H3. The highest BCUT2D eigenvalue weighted by atomic mass is 79.9. The largest absolute Gasteiger partial charge is 0.383 e. The summed E-state index contributed by atoms with van der Waals surface area (Å²) in [5.41, 5.74) is 0. The van der Waals surface area contributed by atoms with Crippen molar-refractivity contribution in [3.63, 3.8) is 0 Å². The Morgan fingerprint density at radius 1 is 1.21 bits per heavy atom. The summed E-state index contributed by atoms with van der Waals surface area (Å²) in [6.07, 6.45) is 0. The van der Waals surface area contributed by atoms with E-state index in [1.54, 1.807) is 25.6 Å². The van der Waals surface area contributed by atoms with E-state index in [-0.39, 0.29) is 0 Å². The normalized spacial score (nSPS) is 11.4. The van der Waals surface area contributed by atoms with Gasteiger partial charge in [-0.05, 0) is 22.0 Å². The molecule has 0 radical (unpaired) electrons. The molecule has 1 aromatic rings. The Bertz CT molecular complexity index is 328. The Kier molecular flexibility index (Phi) is 9.67. The Balaban J connectivity index is 2.15. The molecule has 0 fully saturated rings. The number of hydrogen-bond donors (Lipinski definition) is 1. The van der Waals surface area contributed by atoms with Gasteiger partial charge in [0, 0.05) is 61.7 Å². The molecule has 4 nitrogen and oxygen atoms in total. The molecule has 0 saturated heterocycles. The third-order valence-electron chi connectivity index (χ3n) is 2.75. The first kappa shape index (κ1) is 17.1. The van der Waals surface area contributed by atoms with E-state index in [1.807, 2.05) is 0 Å². The van der Waals surface area contributed by atoms with Gasteiger partial charge in [-0.2, -0.15) is 0 Å². The van der Waals surface area contributed by atoms with Crippen molar-refractivity contribution in [1.29, 1.82) is 0 Å². The van der Waals surface area contributed by atoms with Gasteiger partial charge < -0.3 is 14.8 Å². The van der Waals surface area contributed by atoms with Gasteiger partial charge in [0.25, 0.3) is 0 Å².